The quantitative estimate of drug-likeness (QED) is 0.772. The first kappa shape index (κ1) is 18.4. The van der Waals surface area contributed by atoms with Crippen LogP contribution in [0.25, 0.3) is 0 Å². The maximum Gasteiger partial charge on any atom is 0.231 e. The Kier molecular flexibility index (Phi) is 4.45. The van der Waals surface area contributed by atoms with Crippen molar-refractivity contribution in [1.82, 2.24) is 4.90 Å². The lowest BCUT2D eigenvalue weighted by Gasteiger charge is -2.23. The number of likely N-dealkylation sites (tertiary alicyclic amines) is 1. The fourth-order valence-electron chi connectivity index (χ4n) is 4.77. The normalized spacial score (nSPS) is 29.3. The molecule has 3 heterocycles. The monoisotopic (exact) mass is 408 g/mol. The van der Waals surface area contributed by atoms with Crippen LogP contribution in [-0.2, 0) is 20.7 Å². The second-order valence-electron chi connectivity index (χ2n) is 7.89. The fraction of sp³-hybridized carbons (Fsp3) is 0.304. The van der Waals surface area contributed by atoms with E-state index in [1.807, 2.05) is 35.3 Å². The Morgan fingerprint density at radius 3 is 2.83 bits per heavy atom. The zero-order valence-electron chi connectivity index (χ0n) is 15.8. The van der Waals surface area contributed by atoms with E-state index in [1.54, 1.807) is 24.3 Å². The highest BCUT2D eigenvalue weighted by atomic mass is 35.5. The topological polar surface area (TPSA) is 58.6 Å². The van der Waals surface area contributed by atoms with Crippen molar-refractivity contribution in [3.05, 3.63) is 77.3 Å². The van der Waals surface area contributed by atoms with Gasteiger partial charge < -0.3 is 15.0 Å². The average molecular weight is 409 g/mol. The van der Waals surface area contributed by atoms with Crippen LogP contribution in [0.3, 0.4) is 0 Å². The van der Waals surface area contributed by atoms with Crippen LogP contribution in [0, 0.1) is 11.8 Å². The van der Waals surface area contributed by atoms with Crippen LogP contribution in [-0.4, -0.2) is 41.5 Å². The fourth-order valence-corrected chi connectivity index (χ4v) is 4.96. The molecule has 2 amide bonds. The molecule has 0 aliphatic carbocycles. The molecular weight excluding hydrogens is 388 g/mol. The molecule has 29 heavy (non-hydrogen) atoms. The van der Waals surface area contributed by atoms with Crippen molar-refractivity contribution in [2.75, 3.05) is 18.4 Å². The lowest BCUT2D eigenvalue weighted by Crippen LogP contribution is -2.41. The number of benzene rings is 2. The lowest BCUT2D eigenvalue weighted by atomic mass is 9.77. The van der Waals surface area contributed by atoms with Gasteiger partial charge in [-0.25, -0.2) is 0 Å². The number of rotatable bonds is 5. The second kappa shape index (κ2) is 7.01. The highest BCUT2D eigenvalue weighted by molar-refractivity contribution is 6.30. The smallest absolute Gasteiger partial charge is 0.231 e. The van der Waals surface area contributed by atoms with E-state index >= 15 is 0 Å². The summed E-state index contributed by atoms with van der Waals surface area (Å²) < 4.78 is 6.17. The number of nitrogens with one attached hydrogen (secondary N) is 1. The third kappa shape index (κ3) is 3.15. The van der Waals surface area contributed by atoms with Gasteiger partial charge in [0.2, 0.25) is 11.8 Å². The van der Waals surface area contributed by atoms with E-state index in [0.717, 1.165) is 6.42 Å². The van der Waals surface area contributed by atoms with Crippen LogP contribution >= 0.6 is 11.6 Å². The standard InChI is InChI=1S/C23H21ClN2O3/c24-16-7-4-8-17(13-16)25-21(27)19-18-9-11-23(29-18)14-26(22(28)20(19)23)12-10-15-5-2-1-3-6-15/h1-9,11,13,18-20H,10,12,14H2,(H,25,27)/t18-,19-,20-,23+/m1/s1. The molecule has 6 heteroatoms. The lowest BCUT2D eigenvalue weighted by molar-refractivity contribution is -0.135. The largest absolute Gasteiger partial charge is 0.360 e. The van der Waals surface area contributed by atoms with Crippen molar-refractivity contribution in [3.63, 3.8) is 0 Å². The second-order valence-corrected chi connectivity index (χ2v) is 8.33. The van der Waals surface area contributed by atoms with Gasteiger partial charge in [0, 0.05) is 17.3 Å². The first-order valence-electron chi connectivity index (χ1n) is 9.82. The van der Waals surface area contributed by atoms with Gasteiger partial charge in [-0.1, -0.05) is 60.2 Å². The summed E-state index contributed by atoms with van der Waals surface area (Å²) >= 11 is 6.02. The molecule has 0 aromatic heterocycles. The molecule has 5 nitrogen and oxygen atoms in total. The Morgan fingerprint density at radius 2 is 2.03 bits per heavy atom. The maximum absolute atomic E-state index is 13.2. The van der Waals surface area contributed by atoms with E-state index in [-0.39, 0.29) is 17.9 Å². The number of carbonyl (C=O) groups excluding carboxylic acids is 2. The zero-order valence-corrected chi connectivity index (χ0v) is 16.5. The minimum absolute atomic E-state index is 0.000903. The first-order chi connectivity index (χ1) is 14.1. The molecule has 3 aliphatic rings. The Hall–Kier alpha value is -2.63. The number of fused-ring (bicyclic) bond motifs is 1. The molecule has 1 N–H and O–H groups in total. The van der Waals surface area contributed by atoms with Crippen molar-refractivity contribution in [2.45, 2.75) is 18.1 Å². The summed E-state index contributed by atoms with van der Waals surface area (Å²) in [6, 6.07) is 17.1. The predicted molar refractivity (Wildman–Crippen MR) is 111 cm³/mol. The molecule has 148 valence electrons. The van der Waals surface area contributed by atoms with Crippen molar-refractivity contribution in [1.29, 1.82) is 0 Å². The van der Waals surface area contributed by atoms with E-state index in [0.29, 0.717) is 23.8 Å². The number of amides is 2. The van der Waals surface area contributed by atoms with E-state index in [2.05, 4.69) is 17.4 Å². The van der Waals surface area contributed by atoms with Gasteiger partial charge in [-0.15, -0.1) is 0 Å². The molecule has 5 rings (SSSR count). The molecule has 2 saturated heterocycles. The summed E-state index contributed by atoms with van der Waals surface area (Å²) in [6.45, 7) is 1.11. The molecule has 3 aliphatic heterocycles. The third-order valence-corrected chi connectivity index (χ3v) is 6.32. The molecule has 0 saturated carbocycles. The summed E-state index contributed by atoms with van der Waals surface area (Å²) in [4.78, 5) is 28.1. The number of hydrogen-bond donors (Lipinski definition) is 1. The average Bonchev–Trinajstić information content (AvgIpc) is 3.35. The molecule has 4 atom stereocenters. The number of ether oxygens (including phenoxy) is 1. The molecular formula is C23H21ClN2O3. The number of hydrogen-bond acceptors (Lipinski definition) is 3. The minimum atomic E-state index is -0.686. The van der Waals surface area contributed by atoms with E-state index in [1.165, 1.54) is 5.56 Å². The zero-order chi connectivity index (χ0) is 20.0. The van der Waals surface area contributed by atoms with E-state index in [9.17, 15) is 9.59 Å². The molecule has 2 bridgehead atoms. The van der Waals surface area contributed by atoms with Crippen molar-refractivity contribution in [2.24, 2.45) is 11.8 Å². The van der Waals surface area contributed by atoms with Gasteiger partial charge in [-0.3, -0.25) is 9.59 Å². The summed E-state index contributed by atoms with van der Waals surface area (Å²) in [5, 5.41) is 3.45. The van der Waals surface area contributed by atoms with Crippen LogP contribution in [0.1, 0.15) is 5.56 Å². The van der Waals surface area contributed by atoms with Crippen LogP contribution < -0.4 is 5.32 Å². The van der Waals surface area contributed by atoms with Crippen LogP contribution in [0.15, 0.2) is 66.7 Å². The maximum atomic E-state index is 13.2. The number of anilines is 1. The number of carbonyl (C=O) groups is 2. The van der Waals surface area contributed by atoms with Gasteiger partial charge in [-0.2, -0.15) is 0 Å². The van der Waals surface area contributed by atoms with Gasteiger partial charge >= 0.3 is 0 Å². The predicted octanol–water partition coefficient (Wildman–Crippen LogP) is 3.30. The van der Waals surface area contributed by atoms with Gasteiger partial charge in [0.25, 0.3) is 0 Å². The SMILES string of the molecule is O=C(Nc1cccc(Cl)c1)[C@@H]1[C@H]2C=C[C@@]3(CN(CCc4ccccc4)C(=O)[C@@H]13)O2. The molecule has 0 unspecified atom stereocenters. The number of nitrogens with zero attached hydrogens (tertiary/aromatic N) is 1. The minimum Gasteiger partial charge on any atom is -0.360 e. The summed E-state index contributed by atoms with van der Waals surface area (Å²) in [6.07, 6.45) is 4.32. The molecule has 1 spiro atoms. The van der Waals surface area contributed by atoms with E-state index in [4.69, 9.17) is 16.3 Å². The molecule has 2 fully saturated rings. The molecule has 2 aromatic carbocycles. The Balaban J connectivity index is 1.33. The molecule has 2 aromatic rings. The number of halogens is 1. The van der Waals surface area contributed by atoms with Crippen molar-refractivity contribution < 1.29 is 14.3 Å². The Labute approximate surface area is 174 Å². The summed E-state index contributed by atoms with van der Waals surface area (Å²) in [7, 11) is 0. The first-order valence-corrected chi connectivity index (χ1v) is 10.2. The highest BCUT2D eigenvalue weighted by Crippen LogP contribution is 2.52. The van der Waals surface area contributed by atoms with Gasteiger partial charge in [0.05, 0.1) is 24.5 Å². The highest BCUT2D eigenvalue weighted by Gasteiger charge is 2.66. The Morgan fingerprint density at radius 1 is 1.21 bits per heavy atom. The van der Waals surface area contributed by atoms with Crippen molar-refractivity contribution in [3.8, 4) is 0 Å². The van der Waals surface area contributed by atoms with Gasteiger partial charge in [0.1, 0.15) is 5.60 Å². The van der Waals surface area contributed by atoms with Crippen LogP contribution in [0.5, 0.6) is 0 Å². The third-order valence-electron chi connectivity index (χ3n) is 6.09. The van der Waals surface area contributed by atoms with Crippen LogP contribution in [0.2, 0.25) is 5.02 Å². The van der Waals surface area contributed by atoms with E-state index < -0.39 is 17.4 Å². The summed E-state index contributed by atoms with van der Waals surface area (Å²) in [5.74, 6) is -1.22. The van der Waals surface area contributed by atoms with Crippen LogP contribution in [0.4, 0.5) is 5.69 Å². The molecule has 0 radical (unpaired) electrons. The Bertz CT molecular complexity index is 993. The summed E-state index contributed by atoms with van der Waals surface area (Å²) in [5.41, 5.74) is 1.12. The van der Waals surface area contributed by atoms with Gasteiger partial charge in [-0.05, 0) is 30.2 Å². The van der Waals surface area contributed by atoms with Gasteiger partial charge in [0.15, 0.2) is 0 Å². The van der Waals surface area contributed by atoms with Crippen molar-refractivity contribution >= 4 is 29.1 Å².